The molecule has 1 unspecified atom stereocenters. The van der Waals surface area contributed by atoms with Gasteiger partial charge in [0.1, 0.15) is 17.4 Å². The van der Waals surface area contributed by atoms with Crippen molar-refractivity contribution in [2.45, 2.75) is 18.9 Å². The third kappa shape index (κ3) is 3.40. The van der Waals surface area contributed by atoms with Gasteiger partial charge in [0.15, 0.2) is 0 Å². The van der Waals surface area contributed by atoms with E-state index in [4.69, 9.17) is 10.5 Å². The van der Waals surface area contributed by atoms with Crippen LogP contribution in [0.5, 0.6) is 5.75 Å². The molecule has 0 amide bonds. The zero-order valence-corrected chi connectivity index (χ0v) is 10.2. The molecule has 0 aliphatic rings. The Kier molecular flexibility index (Phi) is 5.03. The van der Waals surface area contributed by atoms with E-state index < -0.39 is 23.6 Å². The molecule has 1 atom stereocenters. The molecule has 1 aromatic carbocycles. The molecule has 0 fully saturated rings. The van der Waals surface area contributed by atoms with Gasteiger partial charge in [-0.2, -0.15) is 0 Å². The van der Waals surface area contributed by atoms with Gasteiger partial charge < -0.3 is 15.2 Å². The number of hydrogen-bond acceptors (Lipinski definition) is 4. The van der Waals surface area contributed by atoms with E-state index in [0.717, 1.165) is 12.1 Å². The van der Waals surface area contributed by atoms with Crippen molar-refractivity contribution in [2.24, 2.45) is 5.73 Å². The van der Waals surface area contributed by atoms with Crippen molar-refractivity contribution in [2.75, 3.05) is 14.2 Å². The highest BCUT2D eigenvalue weighted by Gasteiger charge is 2.19. The number of hydrogen-bond donors (Lipinski definition) is 1. The lowest BCUT2D eigenvalue weighted by Crippen LogP contribution is -2.16. The van der Waals surface area contributed by atoms with E-state index in [1.54, 1.807) is 0 Å². The van der Waals surface area contributed by atoms with Gasteiger partial charge in [-0.15, -0.1) is 0 Å². The molecule has 0 spiro atoms. The number of carbonyl (C=O) groups is 1. The molecule has 0 saturated carbocycles. The predicted octanol–water partition coefficient (Wildman–Crippen LogP) is 1.93. The maximum Gasteiger partial charge on any atom is 0.305 e. The maximum atomic E-state index is 13.6. The molecule has 1 rings (SSSR count). The van der Waals surface area contributed by atoms with Crippen LogP contribution in [-0.4, -0.2) is 20.2 Å². The van der Waals surface area contributed by atoms with Crippen molar-refractivity contribution in [3.05, 3.63) is 29.3 Å². The van der Waals surface area contributed by atoms with Gasteiger partial charge in [0.2, 0.25) is 0 Å². The molecule has 0 bridgehead atoms. The molecular formula is C12H15F2NO3. The van der Waals surface area contributed by atoms with Gasteiger partial charge in [0, 0.05) is 30.2 Å². The van der Waals surface area contributed by atoms with Crippen LogP contribution in [0.25, 0.3) is 0 Å². The molecule has 0 saturated heterocycles. The fourth-order valence-electron chi connectivity index (χ4n) is 1.55. The quantitative estimate of drug-likeness (QED) is 0.821. The van der Waals surface area contributed by atoms with E-state index in [2.05, 4.69) is 4.74 Å². The Balaban J connectivity index is 2.85. The third-order valence-electron chi connectivity index (χ3n) is 2.55. The van der Waals surface area contributed by atoms with Gasteiger partial charge in [0.25, 0.3) is 0 Å². The number of benzene rings is 1. The van der Waals surface area contributed by atoms with Crippen molar-refractivity contribution in [3.8, 4) is 5.75 Å². The summed E-state index contributed by atoms with van der Waals surface area (Å²) in [4.78, 5) is 10.9. The van der Waals surface area contributed by atoms with Gasteiger partial charge in [-0.3, -0.25) is 4.79 Å². The molecule has 6 heteroatoms. The Morgan fingerprint density at radius 3 is 2.33 bits per heavy atom. The third-order valence-corrected chi connectivity index (χ3v) is 2.55. The Bertz CT molecular complexity index is 414. The van der Waals surface area contributed by atoms with Gasteiger partial charge in [-0.25, -0.2) is 8.78 Å². The molecule has 1 aromatic rings. The van der Waals surface area contributed by atoms with Crippen molar-refractivity contribution in [1.82, 2.24) is 0 Å². The molecule has 0 aromatic heterocycles. The molecular weight excluding hydrogens is 244 g/mol. The number of methoxy groups -OCH3 is 2. The van der Waals surface area contributed by atoms with E-state index in [-0.39, 0.29) is 24.2 Å². The standard InChI is InChI=1S/C12H15F2NO3/c1-17-7-5-8(13)12(9(14)6-7)10(15)3-4-11(16)18-2/h5-6,10H,3-4,15H2,1-2H3. The minimum atomic E-state index is -0.907. The van der Waals surface area contributed by atoms with Crippen LogP contribution in [-0.2, 0) is 9.53 Å². The summed E-state index contributed by atoms with van der Waals surface area (Å²) in [6.45, 7) is 0. The first-order chi connectivity index (χ1) is 8.49. The SMILES string of the molecule is COC(=O)CCC(N)c1c(F)cc(OC)cc1F. The molecule has 0 radical (unpaired) electrons. The second-order valence-corrected chi connectivity index (χ2v) is 3.73. The first-order valence-electron chi connectivity index (χ1n) is 5.35. The zero-order valence-electron chi connectivity index (χ0n) is 10.2. The average Bonchev–Trinajstić information content (AvgIpc) is 2.34. The Morgan fingerprint density at radius 1 is 1.33 bits per heavy atom. The fraction of sp³-hybridized carbons (Fsp3) is 0.417. The van der Waals surface area contributed by atoms with Gasteiger partial charge in [-0.1, -0.05) is 0 Å². The Labute approximate surface area is 104 Å². The molecule has 0 aliphatic heterocycles. The molecule has 4 nitrogen and oxygen atoms in total. The highest BCUT2D eigenvalue weighted by molar-refractivity contribution is 5.69. The van der Waals surface area contributed by atoms with Crippen LogP contribution in [0.1, 0.15) is 24.4 Å². The van der Waals surface area contributed by atoms with E-state index in [1.807, 2.05) is 0 Å². The fourth-order valence-corrected chi connectivity index (χ4v) is 1.55. The summed E-state index contributed by atoms with van der Waals surface area (Å²) in [5, 5.41) is 0. The summed E-state index contributed by atoms with van der Waals surface area (Å²) in [5.41, 5.74) is 5.41. The van der Waals surface area contributed by atoms with E-state index >= 15 is 0 Å². The minimum absolute atomic E-state index is 0.00256. The number of esters is 1. The summed E-state index contributed by atoms with van der Waals surface area (Å²) in [7, 11) is 2.55. The lowest BCUT2D eigenvalue weighted by atomic mass is 10.0. The van der Waals surface area contributed by atoms with Gasteiger partial charge in [-0.05, 0) is 6.42 Å². The summed E-state index contributed by atoms with van der Waals surface area (Å²) >= 11 is 0. The van der Waals surface area contributed by atoms with Crippen LogP contribution >= 0.6 is 0 Å². The monoisotopic (exact) mass is 259 g/mol. The van der Waals surface area contributed by atoms with E-state index in [9.17, 15) is 13.6 Å². The minimum Gasteiger partial charge on any atom is -0.497 e. The van der Waals surface area contributed by atoms with E-state index in [1.165, 1.54) is 14.2 Å². The highest BCUT2D eigenvalue weighted by Crippen LogP contribution is 2.26. The number of ether oxygens (including phenoxy) is 2. The first-order valence-corrected chi connectivity index (χ1v) is 5.35. The van der Waals surface area contributed by atoms with Crippen molar-refractivity contribution in [3.63, 3.8) is 0 Å². The summed E-state index contributed by atoms with van der Waals surface area (Å²) < 4.78 is 36.4. The molecule has 2 N–H and O–H groups in total. The highest BCUT2D eigenvalue weighted by atomic mass is 19.1. The molecule has 18 heavy (non-hydrogen) atoms. The van der Waals surface area contributed by atoms with Crippen molar-refractivity contribution >= 4 is 5.97 Å². The maximum absolute atomic E-state index is 13.6. The van der Waals surface area contributed by atoms with Crippen LogP contribution in [0.4, 0.5) is 8.78 Å². The molecule has 0 aliphatic carbocycles. The van der Waals surface area contributed by atoms with Crippen LogP contribution in [0.15, 0.2) is 12.1 Å². The number of halogens is 2. The largest absolute Gasteiger partial charge is 0.497 e. The predicted molar refractivity (Wildman–Crippen MR) is 61.1 cm³/mol. The van der Waals surface area contributed by atoms with Crippen LogP contribution in [0.2, 0.25) is 0 Å². The van der Waals surface area contributed by atoms with Crippen LogP contribution in [0.3, 0.4) is 0 Å². The number of rotatable bonds is 5. The van der Waals surface area contributed by atoms with Gasteiger partial charge in [0.05, 0.1) is 14.2 Å². The van der Waals surface area contributed by atoms with Crippen molar-refractivity contribution < 1.29 is 23.0 Å². The second-order valence-electron chi connectivity index (χ2n) is 3.73. The topological polar surface area (TPSA) is 61.5 Å². The molecule has 0 heterocycles. The lowest BCUT2D eigenvalue weighted by molar-refractivity contribution is -0.140. The lowest BCUT2D eigenvalue weighted by Gasteiger charge is -2.14. The van der Waals surface area contributed by atoms with Crippen LogP contribution < -0.4 is 10.5 Å². The Morgan fingerprint density at radius 2 is 1.89 bits per heavy atom. The normalized spacial score (nSPS) is 12.1. The summed E-state index contributed by atoms with van der Waals surface area (Å²) in [5.74, 6) is -1.97. The molecule has 100 valence electrons. The van der Waals surface area contributed by atoms with E-state index in [0.29, 0.717) is 0 Å². The second kappa shape index (κ2) is 6.30. The first kappa shape index (κ1) is 14.4. The zero-order chi connectivity index (χ0) is 13.7. The Hall–Kier alpha value is -1.69. The number of carbonyl (C=O) groups excluding carboxylic acids is 1. The van der Waals surface area contributed by atoms with Crippen LogP contribution in [0, 0.1) is 11.6 Å². The van der Waals surface area contributed by atoms with Crippen molar-refractivity contribution in [1.29, 1.82) is 0 Å². The summed E-state index contributed by atoms with van der Waals surface area (Å²) in [6, 6.07) is 1.20. The number of nitrogens with two attached hydrogens (primary N) is 1. The van der Waals surface area contributed by atoms with Gasteiger partial charge >= 0.3 is 5.97 Å². The smallest absolute Gasteiger partial charge is 0.305 e. The summed E-state index contributed by atoms with van der Waals surface area (Å²) in [6.07, 6.45) is 0.107. The average molecular weight is 259 g/mol.